The van der Waals surface area contributed by atoms with E-state index in [4.69, 9.17) is 25.8 Å². The maximum absolute atomic E-state index is 13.4. The highest BCUT2D eigenvalue weighted by Crippen LogP contribution is 2.13. The number of hydrogen-bond donors (Lipinski definition) is 9. The summed E-state index contributed by atoms with van der Waals surface area (Å²) in [6.07, 6.45) is 3.13. The van der Waals surface area contributed by atoms with Crippen LogP contribution in [0.4, 0.5) is 20.1 Å². The molecule has 1 aromatic rings. The van der Waals surface area contributed by atoms with E-state index < -0.39 is 42.1 Å². The smallest absolute Gasteiger partial charge is 0.422 e. The van der Waals surface area contributed by atoms with Crippen molar-refractivity contribution in [3.8, 4) is 0 Å². The average molecular weight is 777 g/mol. The van der Waals surface area contributed by atoms with Crippen LogP contribution in [0.25, 0.3) is 0 Å². The Bertz CT molecular complexity index is 1470. The molecule has 1 aromatic carbocycles. The van der Waals surface area contributed by atoms with Crippen molar-refractivity contribution in [3.05, 3.63) is 42.0 Å². The molecule has 0 radical (unpaired) electrons. The molecule has 0 unspecified atom stereocenters. The lowest BCUT2D eigenvalue weighted by Gasteiger charge is -2.25. The van der Waals surface area contributed by atoms with Crippen LogP contribution in [-0.2, 0) is 44.8 Å². The van der Waals surface area contributed by atoms with Crippen molar-refractivity contribution >= 4 is 53.4 Å². The van der Waals surface area contributed by atoms with Crippen molar-refractivity contribution in [1.82, 2.24) is 37.1 Å². The van der Waals surface area contributed by atoms with E-state index in [1.807, 2.05) is 11.0 Å². The maximum atomic E-state index is 13.4. The number of unbranched alkanes of at least 4 members (excludes halogenated alkanes) is 2. The highest BCUT2D eigenvalue weighted by Gasteiger charge is 2.29. The molecule has 2 atom stereocenters. The topological polar surface area (TPSA) is 304 Å². The molecule has 0 aromatic heterocycles. The van der Waals surface area contributed by atoms with Gasteiger partial charge in [0.2, 0.25) is 17.7 Å². The standard InChI is InChI=1S/C34H52N10O11/c1-22(2)29(41-26(45)8-4-3-5-17-44-27(46)13-14-28(44)47)31(49)40-25(7-6-15-37-32(35)50)30(48)39-24-11-9-23(10-12-24)21-55-33(51)38-16-18-53-19-20-54-34(52)42-43-36/h9-14,22,25,29,43H,3-8,15-21,36H2,1-2H3,(H,38,51)(H,39,48)(H,40,49)(H,41,45)(H,42,52)(H3,35,37,50)/t25-,29-/m0/s1. The number of ether oxygens (including phenoxy) is 3. The first-order chi connectivity index (χ1) is 26.3. The molecular formula is C34H52N10O11. The first kappa shape index (κ1) is 45.4. The SMILES string of the molecule is CC(C)[C@H](NC(=O)CCCCCN1C(=O)C=CC1=O)C(=O)N[C@@H](CCCNC(N)=O)C(=O)Nc1ccc(COC(=O)NCCOCCOC(=O)NNN)cc1. The number of urea groups is 1. The summed E-state index contributed by atoms with van der Waals surface area (Å²) in [6, 6.07) is 3.75. The van der Waals surface area contributed by atoms with E-state index in [0.717, 1.165) is 4.90 Å². The van der Waals surface area contributed by atoms with Crippen molar-refractivity contribution in [2.24, 2.45) is 17.5 Å². The summed E-state index contributed by atoms with van der Waals surface area (Å²) in [5.74, 6) is 2.40. The third kappa shape index (κ3) is 18.7. The second-order valence-corrected chi connectivity index (χ2v) is 12.5. The molecule has 1 aliphatic heterocycles. The quantitative estimate of drug-likeness (QED) is 0.0263. The molecule has 0 bridgehead atoms. The van der Waals surface area contributed by atoms with Crippen LogP contribution in [0.5, 0.6) is 0 Å². The number of rotatable bonds is 25. The van der Waals surface area contributed by atoms with Crippen molar-refractivity contribution in [2.75, 3.05) is 44.8 Å². The molecule has 0 fully saturated rings. The van der Waals surface area contributed by atoms with Gasteiger partial charge in [0.15, 0.2) is 0 Å². The number of benzene rings is 1. The molecule has 9 amide bonds. The summed E-state index contributed by atoms with van der Waals surface area (Å²) in [5, 5.41) is 13.2. The first-order valence-corrected chi connectivity index (χ1v) is 17.7. The normalized spacial score (nSPS) is 13.1. The molecule has 0 saturated carbocycles. The van der Waals surface area contributed by atoms with Gasteiger partial charge in [-0.05, 0) is 49.3 Å². The van der Waals surface area contributed by atoms with Crippen molar-refractivity contribution < 1.29 is 52.6 Å². The number of primary amides is 1. The van der Waals surface area contributed by atoms with E-state index in [2.05, 4.69) is 26.6 Å². The Balaban J connectivity index is 1.84. The molecule has 1 aliphatic rings. The number of anilines is 1. The lowest BCUT2D eigenvalue weighted by atomic mass is 10.0. The van der Waals surface area contributed by atoms with Gasteiger partial charge in [-0.25, -0.2) is 19.8 Å². The summed E-state index contributed by atoms with van der Waals surface area (Å²) in [6.45, 7) is 4.24. The number of nitrogens with zero attached hydrogens (tertiary/aromatic N) is 1. The van der Waals surface area contributed by atoms with Crippen molar-refractivity contribution in [2.45, 2.75) is 71.1 Å². The minimum Gasteiger partial charge on any atom is -0.446 e. The number of hydrazine groups is 2. The number of carbonyl (C=O) groups is 8. The van der Waals surface area contributed by atoms with Crippen LogP contribution < -0.4 is 49.1 Å². The van der Waals surface area contributed by atoms with E-state index in [-0.39, 0.29) is 82.5 Å². The predicted octanol–water partition coefficient (Wildman–Crippen LogP) is -0.468. The molecule has 304 valence electrons. The minimum atomic E-state index is -1.04. The van der Waals surface area contributed by atoms with Gasteiger partial charge in [0.05, 0.1) is 13.2 Å². The fourth-order valence-electron chi connectivity index (χ4n) is 4.94. The lowest BCUT2D eigenvalue weighted by molar-refractivity contribution is -0.137. The number of alkyl carbamates (subject to hydrolysis) is 1. The van der Waals surface area contributed by atoms with Crippen LogP contribution >= 0.6 is 0 Å². The Morgan fingerprint density at radius 1 is 0.782 bits per heavy atom. The Hall–Kier alpha value is -5.80. The number of imide groups is 1. The van der Waals surface area contributed by atoms with Crippen LogP contribution in [0.2, 0.25) is 0 Å². The number of carbonyl (C=O) groups excluding carboxylic acids is 8. The molecule has 0 aliphatic carbocycles. The van der Waals surface area contributed by atoms with Crippen molar-refractivity contribution in [1.29, 1.82) is 0 Å². The van der Waals surface area contributed by atoms with E-state index in [1.165, 1.54) is 12.2 Å². The van der Waals surface area contributed by atoms with Crippen LogP contribution in [0.1, 0.15) is 57.9 Å². The second-order valence-electron chi connectivity index (χ2n) is 12.5. The lowest BCUT2D eigenvalue weighted by Crippen LogP contribution is -2.54. The van der Waals surface area contributed by atoms with Crippen LogP contribution in [0, 0.1) is 5.92 Å². The first-order valence-electron chi connectivity index (χ1n) is 17.7. The molecule has 1 heterocycles. The zero-order valence-electron chi connectivity index (χ0n) is 31.0. The highest BCUT2D eigenvalue weighted by atomic mass is 16.6. The molecule has 0 spiro atoms. The Morgan fingerprint density at radius 3 is 2.15 bits per heavy atom. The fraction of sp³-hybridized carbons (Fsp3) is 0.529. The largest absolute Gasteiger partial charge is 0.446 e. The summed E-state index contributed by atoms with van der Waals surface area (Å²) < 4.78 is 15.1. The van der Waals surface area contributed by atoms with Gasteiger partial charge in [-0.1, -0.05) is 32.4 Å². The summed E-state index contributed by atoms with van der Waals surface area (Å²) in [7, 11) is 0. The third-order valence-electron chi connectivity index (χ3n) is 7.80. The summed E-state index contributed by atoms with van der Waals surface area (Å²) >= 11 is 0. The van der Waals surface area contributed by atoms with Crippen LogP contribution in [0.3, 0.4) is 0 Å². The second kappa shape index (κ2) is 25.3. The van der Waals surface area contributed by atoms with E-state index in [0.29, 0.717) is 36.9 Å². The number of nitrogens with one attached hydrogen (secondary N) is 7. The predicted molar refractivity (Wildman–Crippen MR) is 196 cm³/mol. The van der Waals surface area contributed by atoms with Gasteiger partial charge in [-0.2, -0.15) is 5.53 Å². The Kier molecular flexibility index (Phi) is 20.8. The average Bonchev–Trinajstić information content (AvgIpc) is 3.46. The summed E-state index contributed by atoms with van der Waals surface area (Å²) in [5.41, 5.74) is 10.1. The third-order valence-corrected chi connectivity index (χ3v) is 7.80. The van der Waals surface area contributed by atoms with Gasteiger partial charge in [0.1, 0.15) is 25.3 Å². The van der Waals surface area contributed by atoms with Crippen LogP contribution in [-0.4, -0.2) is 104 Å². The highest BCUT2D eigenvalue weighted by molar-refractivity contribution is 6.12. The molecule has 2 rings (SSSR count). The Labute approximate surface area is 318 Å². The zero-order valence-corrected chi connectivity index (χ0v) is 31.0. The Morgan fingerprint density at radius 2 is 1.49 bits per heavy atom. The fourth-order valence-corrected chi connectivity index (χ4v) is 4.94. The molecule has 0 saturated heterocycles. The van der Waals surface area contributed by atoms with Gasteiger partial charge in [-0.3, -0.25) is 34.7 Å². The maximum Gasteiger partial charge on any atom is 0.422 e. The number of amides is 9. The van der Waals surface area contributed by atoms with Crippen molar-refractivity contribution in [3.63, 3.8) is 0 Å². The molecule has 21 heteroatoms. The molecule has 55 heavy (non-hydrogen) atoms. The van der Waals surface area contributed by atoms with Gasteiger partial charge >= 0.3 is 18.2 Å². The zero-order chi connectivity index (χ0) is 40.6. The van der Waals surface area contributed by atoms with Gasteiger partial charge < -0.3 is 46.5 Å². The summed E-state index contributed by atoms with van der Waals surface area (Å²) in [4.78, 5) is 98.2. The van der Waals surface area contributed by atoms with Gasteiger partial charge in [-0.15, -0.1) is 0 Å². The molecule has 11 N–H and O–H groups in total. The minimum absolute atomic E-state index is 0.0190. The van der Waals surface area contributed by atoms with E-state index in [9.17, 15) is 38.4 Å². The van der Waals surface area contributed by atoms with Crippen LogP contribution in [0.15, 0.2) is 36.4 Å². The van der Waals surface area contributed by atoms with Gasteiger partial charge in [0.25, 0.3) is 11.8 Å². The molecule has 21 nitrogen and oxygen atoms in total. The number of hydrogen-bond acceptors (Lipinski definition) is 13. The van der Waals surface area contributed by atoms with Gasteiger partial charge in [0, 0.05) is 43.9 Å². The monoisotopic (exact) mass is 776 g/mol. The molecular weight excluding hydrogens is 724 g/mol. The van der Waals surface area contributed by atoms with E-state index >= 15 is 0 Å². The number of nitrogens with two attached hydrogens (primary N) is 2. The van der Waals surface area contributed by atoms with E-state index in [1.54, 1.807) is 38.1 Å².